The van der Waals surface area contributed by atoms with Gasteiger partial charge in [0.2, 0.25) is 0 Å². The Morgan fingerprint density at radius 3 is 0.415 bits per heavy atom. The van der Waals surface area contributed by atoms with E-state index < -0.39 is 0 Å². The Labute approximate surface area is 447 Å². The van der Waals surface area contributed by atoms with Crippen molar-refractivity contribution in [3.8, 4) is 0 Å². The summed E-state index contributed by atoms with van der Waals surface area (Å²) in [5, 5.41) is 7.73. The Bertz CT molecular complexity index is 1680. The fraction of sp³-hybridized carbons (Fsp3) is 0.333. The predicted molar refractivity (Wildman–Crippen MR) is 328 cm³/mol. The van der Waals surface area contributed by atoms with Gasteiger partial charge in [0, 0.05) is 16.8 Å². The molecule has 0 aliphatic heterocycles. The van der Waals surface area contributed by atoms with Crippen molar-refractivity contribution in [2.75, 3.05) is 0 Å². The molecule has 0 aliphatic rings. The van der Waals surface area contributed by atoms with E-state index in [0.29, 0.717) is 0 Å². The van der Waals surface area contributed by atoms with Crippen LogP contribution < -0.4 is 31.8 Å². The molecule has 0 spiro atoms. The van der Waals surface area contributed by atoms with E-state index >= 15 is 0 Å². The van der Waals surface area contributed by atoms with Crippen LogP contribution in [0.4, 0.5) is 0 Å². The first-order valence-corrected chi connectivity index (χ1v) is 25.0. The van der Waals surface area contributed by atoms with E-state index in [0.717, 1.165) is 38.5 Å². The van der Waals surface area contributed by atoms with Crippen LogP contribution in [0.25, 0.3) is 0 Å². The molecule has 6 aromatic rings. The van der Waals surface area contributed by atoms with Crippen molar-refractivity contribution in [3.05, 3.63) is 176 Å². The molecule has 11 heteroatoms. The van der Waals surface area contributed by atoms with Crippen LogP contribution in [-0.2, 0) is 55.3 Å². The second-order valence-electron chi connectivity index (χ2n) is 15.6. The first-order valence-electron chi connectivity index (χ1n) is 21.5. The van der Waals surface area contributed by atoms with E-state index in [4.69, 9.17) is 0 Å². The zero-order valence-corrected chi connectivity index (χ0v) is 52.3. The van der Waals surface area contributed by atoms with Gasteiger partial charge in [0.15, 0.2) is 0 Å². The minimum Gasteiger partial charge on any atom is -0.147 e. The van der Waals surface area contributed by atoms with E-state index in [9.17, 15) is 0 Å². The number of halogens is 4. The van der Waals surface area contributed by atoms with Crippen molar-refractivity contribution >= 4 is 137 Å². The molecule has 0 aromatic heterocycles. The Morgan fingerprint density at radius 2 is 0.338 bits per heavy atom. The molecule has 0 N–H and O–H groups in total. The van der Waals surface area contributed by atoms with Gasteiger partial charge in [0.25, 0.3) is 0 Å². The van der Waals surface area contributed by atoms with Crippen LogP contribution in [-0.4, -0.2) is 0 Å². The molecule has 0 aliphatic carbocycles. The van der Waals surface area contributed by atoms with Gasteiger partial charge in [0.1, 0.15) is 0 Å². The SMILES string of the molecule is CCc1cc(C)cc(P)c1.CCc1cc(C)cc(P)c1.CCc1cc(C)cc(P)c1.CCc1cc(C)cc(P)c1.CCc1cc(C)cc(P)c1.CCc1cc(C)cc(P)c1.Cl.Cl.Cl.Cl.[Co]. The average Bonchev–Trinajstić information content (AvgIpc) is 3.16. The standard InChI is InChI=1S/6C9H13P.4ClH.Co/c6*1-3-8-4-7(2)5-9(10)6-8;;;;;/h6*4-6H,3,10H2,1-2H3;4*1H;. The van der Waals surface area contributed by atoms with Crippen molar-refractivity contribution in [1.82, 2.24) is 0 Å². The van der Waals surface area contributed by atoms with Gasteiger partial charge >= 0.3 is 0 Å². The fourth-order valence-electron chi connectivity index (χ4n) is 6.59. The second-order valence-corrected chi connectivity index (χ2v) is 19.6. The molecule has 0 amide bonds. The Morgan fingerprint density at radius 1 is 0.231 bits per heavy atom. The van der Waals surface area contributed by atoms with Crippen LogP contribution in [0, 0.1) is 41.5 Å². The molecule has 6 unspecified atom stereocenters. The number of benzene rings is 6. The van der Waals surface area contributed by atoms with Gasteiger partial charge in [-0.3, -0.25) is 0 Å². The molecular weight excluding hydrogens is 1040 g/mol. The zero-order valence-electron chi connectivity index (χ0n) is 41.1. The largest absolute Gasteiger partial charge is 0.147 e. The van der Waals surface area contributed by atoms with Crippen LogP contribution in [0.2, 0.25) is 0 Å². The molecule has 6 atom stereocenters. The van der Waals surface area contributed by atoms with Crippen molar-refractivity contribution in [1.29, 1.82) is 0 Å². The summed E-state index contributed by atoms with van der Waals surface area (Å²) in [5.74, 6) is 0. The Hall–Kier alpha value is -0.434. The summed E-state index contributed by atoms with van der Waals surface area (Å²) in [7, 11) is 16.4. The topological polar surface area (TPSA) is 0 Å². The smallest absolute Gasteiger partial charge is 0 e. The molecule has 65 heavy (non-hydrogen) atoms. The van der Waals surface area contributed by atoms with Crippen LogP contribution in [0.1, 0.15) is 108 Å². The summed E-state index contributed by atoms with van der Waals surface area (Å²) >= 11 is 0. The molecule has 365 valence electrons. The number of aryl methyl sites for hydroxylation is 12. The fourth-order valence-corrected chi connectivity index (χ4v) is 9.45. The molecule has 0 saturated carbocycles. The van der Waals surface area contributed by atoms with Crippen LogP contribution in [0.3, 0.4) is 0 Å². The molecular formula is C54H82Cl4CoP6. The van der Waals surface area contributed by atoms with E-state index in [-0.39, 0.29) is 66.4 Å². The summed E-state index contributed by atoms with van der Waals surface area (Å²) in [5.41, 5.74) is 16.6. The average molecular weight is 1120 g/mol. The quantitative estimate of drug-likeness (QED) is 0.146. The normalized spacial score (nSPS) is 9.14. The molecule has 1 radical (unpaired) electrons. The molecule has 0 bridgehead atoms. The van der Waals surface area contributed by atoms with Crippen molar-refractivity contribution in [2.24, 2.45) is 0 Å². The molecule has 6 aromatic carbocycles. The first kappa shape index (κ1) is 73.5. The van der Waals surface area contributed by atoms with Crippen molar-refractivity contribution in [3.63, 3.8) is 0 Å². The Kier molecular flexibility index (Phi) is 46.8. The van der Waals surface area contributed by atoms with Crippen LogP contribution >= 0.6 is 105 Å². The molecule has 6 rings (SSSR count). The van der Waals surface area contributed by atoms with Gasteiger partial charge in [-0.2, -0.15) is 0 Å². The number of hydrogen-bond donors (Lipinski definition) is 0. The maximum atomic E-state index is 2.73. The molecule has 0 heterocycles. The van der Waals surface area contributed by atoms with Gasteiger partial charge in [-0.1, -0.05) is 184 Å². The third-order valence-corrected chi connectivity index (χ3v) is 11.4. The zero-order chi connectivity index (χ0) is 45.4. The summed E-state index contributed by atoms with van der Waals surface area (Å²) in [6.45, 7) is 25.9. The van der Waals surface area contributed by atoms with Gasteiger partial charge in [-0.05, 0) is 145 Å². The summed E-state index contributed by atoms with van der Waals surface area (Å²) in [6.07, 6.45) is 6.77. The maximum absolute atomic E-state index is 2.73. The van der Waals surface area contributed by atoms with Crippen LogP contribution in [0.5, 0.6) is 0 Å². The summed E-state index contributed by atoms with van der Waals surface area (Å²) < 4.78 is 0. The van der Waals surface area contributed by atoms with Gasteiger partial charge in [0.05, 0.1) is 0 Å². The molecule has 0 saturated heterocycles. The first-order chi connectivity index (χ1) is 28.3. The van der Waals surface area contributed by atoms with E-state index in [1.807, 2.05) is 0 Å². The van der Waals surface area contributed by atoms with E-state index in [1.165, 1.54) is 98.6 Å². The van der Waals surface area contributed by atoms with Gasteiger partial charge < -0.3 is 0 Å². The second kappa shape index (κ2) is 41.4. The Balaban J connectivity index is -0.000000218. The third kappa shape index (κ3) is 34.5. The minimum absolute atomic E-state index is 0. The molecule has 0 nitrogen and oxygen atoms in total. The number of hydrogen-bond acceptors (Lipinski definition) is 0. The minimum atomic E-state index is 0. The summed E-state index contributed by atoms with van der Waals surface area (Å²) in [6, 6.07) is 39.6. The van der Waals surface area contributed by atoms with E-state index in [1.54, 1.807) is 0 Å². The monoisotopic (exact) mass is 1120 g/mol. The predicted octanol–water partition coefficient (Wildman–Crippen LogP) is 14.0. The van der Waals surface area contributed by atoms with Gasteiger partial charge in [-0.25, -0.2) is 0 Å². The maximum Gasteiger partial charge on any atom is 0 e. The molecule has 0 fully saturated rings. The number of rotatable bonds is 6. The van der Waals surface area contributed by atoms with Crippen molar-refractivity contribution in [2.45, 2.75) is 122 Å². The third-order valence-electron chi connectivity index (χ3n) is 9.41. The van der Waals surface area contributed by atoms with E-state index in [2.05, 4.69) is 248 Å². The van der Waals surface area contributed by atoms with Crippen molar-refractivity contribution < 1.29 is 16.8 Å². The van der Waals surface area contributed by atoms with Crippen LogP contribution in [0.15, 0.2) is 109 Å². The van der Waals surface area contributed by atoms with Gasteiger partial charge in [-0.15, -0.1) is 105 Å². The summed E-state index contributed by atoms with van der Waals surface area (Å²) in [4.78, 5) is 0.